The van der Waals surface area contributed by atoms with Crippen LogP contribution in [0, 0.1) is 10.1 Å². The zero-order chi connectivity index (χ0) is 17.6. The van der Waals surface area contributed by atoms with Gasteiger partial charge >= 0.3 is 0 Å². The van der Waals surface area contributed by atoms with Gasteiger partial charge in [0.2, 0.25) is 11.8 Å². The van der Waals surface area contributed by atoms with Crippen molar-refractivity contribution in [3.8, 4) is 5.75 Å². The molecule has 2 amide bonds. The van der Waals surface area contributed by atoms with Crippen LogP contribution >= 0.6 is 0 Å². The van der Waals surface area contributed by atoms with Crippen molar-refractivity contribution in [1.82, 2.24) is 9.80 Å². The van der Waals surface area contributed by atoms with E-state index in [0.717, 1.165) is 0 Å². The monoisotopic (exact) mass is 324 g/mol. The predicted molar refractivity (Wildman–Crippen MR) is 84.5 cm³/mol. The summed E-state index contributed by atoms with van der Waals surface area (Å²) in [5.41, 5.74) is 0.198. The van der Waals surface area contributed by atoms with E-state index in [4.69, 9.17) is 4.74 Å². The predicted octanol–water partition coefficient (Wildman–Crippen LogP) is 0.562. The Morgan fingerprint density at radius 3 is 2.43 bits per heavy atom. The third-order valence-electron chi connectivity index (χ3n) is 2.99. The number of benzene rings is 1. The average molecular weight is 324 g/mol. The normalized spacial score (nSPS) is 10.3. The van der Waals surface area contributed by atoms with E-state index in [2.05, 4.69) is 5.32 Å². The summed E-state index contributed by atoms with van der Waals surface area (Å²) in [6.07, 6.45) is 0. The molecule has 126 valence electrons. The molecule has 0 aromatic heterocycles. The van der Waals surface area contributed by atoms with Gasteiger partial charge in [-0.05, 0) is 13.1 Å². The van der Waals surface area contributed by atoms with Crippen LogP contribution in [0.15, 0.2) is 18.2 Å². The van der Waals surface area contributed by atoms with Gasteiger partial charge < -0.3 is 15.0 Å². The molecule has 0 atom stereocenters. The number of hydrogen-bond acceptors (Lipinski definition) is 6. The van der Waals surface area contributed by atoms with Crippen LogP contribution < -0.4 is 10.1 Å². The van der Waals surface area contributed by atoms with Crippen molar-refractivity contribution in [2.75, 3.05) is 46.7 Å². The van der Waals surface area contributed by atoms with Crippen molar-refractivity contribution in [3.05, 3.63) is 28.3 Å². The minimum atomic E-state index is -0.547. The van der Waals surface area contributed by atoms with Crippen molar-refractivity contribution in [1.29, 1.82) is 0 Å². The van der Waals surface area contributed by atoms with E-state index in [1.54, 1.807) is 26.0 Å². The minimum absolute atomic E-state index is 0.000276. The number of nitro groups is 1. The number of methoxy groups -OCH3 is 1. The van der Waals surface area contributed by atoms with Crippen molar-refractivity contribution in [2.45, 2.75) is 0 Å². The molecule has 1 N–H and O–H groups in total. The summed E-state index contributed by atoms with van der Waals surface area (Å²) in [4.78, 5) is 36.7. The number of anilines is 1. The molecule has 0 aliphatic heterocycles. The van der Waals surface area contributed by atoms with Crippen LogP contribution in [0.5, 0.6) is 5.75 Å². The maximum Gasteiger partial charge on any atom is 0.273 e. The van der Waals surface area contributed by atoms with Gasteiger partial charge in [-0.2, -0.15) is 0 Å². The number of likely N-dealkylation sites (N-methyl/N-ethyl adjacent to an activating group) is 2. The van der Waals surface area contributed by atoms with Crippen LogP contribution in [0.2, 0.25) is 0 Å². The SMILES string of the molecule is COc1cc([N+](=O)[O-])ccc1NC(=O)CN(C)CC(=O)N(C)C. The van der Waals surface area contributed by atoms with Gasteiger partial charge in [-0.3, -0.25) is 24.6 Å². The van der Waals surface area contributed by atoms with E-state index < -0.39 is 4.92 Å². The van der Waals surface area contributed by atoms with Gasteiger partial charge in [0.05, 0.1) is 36.9 Å². The average Bonchev–Trinajstić information content (AvgIpc) is 2.46. The van der Waals surface area contributed by atoms with E-state index in [-0.39, 0.29) is 36.3 Å². The van der Waals surface area contributed by atoms with Crippen LogP contribution in [0.4, 0.5) is 11.4 Å². The summed E-state index contributed by atoms with van der Waals surface area (Å²) in [6.45, 7) is 0.109. The molecule has 0 saturated heterocycles. The lowest BCUT2D eigenvalue weighted by Crippen LogP contribution is -2.38. The number of non-ortho nitro benzene ring substituents is 1. The summed E-state index contributed by atoms with van der Waals surface area (Å²) in [5.74, 6) is -0.279. The quantitative estimate of drug-likeness (QED) is 0.580. The number of carbonyl (C=O) groups excluding carboxylic acids is 2. The molecule has 0 saturated carbocycles. The highest BCUT2D eigenvalue weighted by atomic mass is 16.6. The summed E-state index contributed by atoms with van der Waals surface area (Å²) < 4.78 is 5.04. The van der Waals surface area contributed by atoms with Crippen molar-refractivity contribution < 1.29 is 19.2 Å². The van der Waals surface area contributed by atoms with Crippen molar-refractivity contribution >= 4 is 23.2 Å². The summed E-state index contributed by atoms with van der Waals surface area (Å²) in [6, 6.07) is 3.91. The van der Waals surface area contributed by atoms with E-state index in [1.165, 1.54) is 30.2 Å². The number of rotatable bonds is 7. The van der Waals surface area contributed by atoms with E-state index in [1.807, 2.05) is 0 Å². The molecule has 9 heteroatoms. The molecular weight excluding hydrogens is 304 g/mol. The molecule has 0 heterocycles. The van der Waals surface area contributed by atoms with Gasteiger partial charge in [-0.1, -0.05) is 0 Å². The van der Waals surface area contributed by atoms with Crippen LogP contribution in [0.3, 0.4) is 0 Å². The minimum Gasteiger partial charge on any atom is -0.494 e. The second-order valence-electron chi connectivity index (χ2n) is 5.15. The third kappa shape index (κ3) is 5.55. The van der Waals surface area contributed by atoms with Crippen LogP contribution in [0.1, 0.15) is 0 Å². The maximum absolute atomic E-state index is 12.0. The highest BCUT2D eigenvalue weighted by molar-refractivity contribution is 5.94. The molecule has 9 nitrogen and oxygen atoms in total. The van der Waals surface area contributed by atoms with Gasteiger partial charge in [0.25, 0.3) is 5.69 Å². The van der Waals surface area contributed by atoms with Crippen LogP contribution in [-0.4, -0.2) is 67.9 Å². The lowest BCUT2D eigenvalue weighted by Gasteiger charge is -2.18. The second kappa shape index (κ2) is 8.08. The Kier molecular flexibility index (Phi) is 6.46. The number of ether oxygens (including phenoxy) is 1. The highest BCUT2D eigenvalue weighted by Gasteiger charge is 2.15. The molecule has 0 aliphatic rings. The first-order chi connectivity index (χ1) is 10.7. The molecule has 0 radical (unpaired) electrons. The molecule has 0 spiro atoms. The molecule has 0 fully saturated rings. The molecule has 23 heavy (non-hydrogen) atoms. The standard InChI is InChI=1S/C14H20N4O5/c1-16(2)14(20)9-17(3)8-13(19)15-11-6-5-10(18(21)22)7-12(11)23-4/h5-7H,8-9H2,1-4H3,(H,15,19). The fraction of sp³-hybridized carbons (Fsp3) is 0.429. The number of carbonyl (C=O) groups is 2. The number of nitro benzene ring substituents is 1. The smallest absolute Gasteiger partial charge is 0.273 e. The first-order valence-electron chi connectivity index (χ1n) is 6.75. The fourth-order valence-corrected chi connectivity index (χ4v) is 1.76. The lowest BCUT2D eigenvalue weighted by atomic mass is 10.2. The van der Waals surface area contributed by atoms with Crippen molar-refractivity contribution in [2.24, 2.45) is 0 Å². The number of amides is 2. The Hall–Kier alpha value is -2.68. The Morgan fingerprint density at radius 2 is 1.91 bits per heavy atom. The molecule has 1 rings (SSSR count). The van der Waals surface area contributed by atoms with Crippen LogP contribution in [-0.2, 0) is 9.59 Å². The van der Waals surface area contributed by atoms with E-state index in [9.17, 15) is 19.7 Å². The summed E-state index contributed by atoms with van der Waals surface area (Å²) in [5, 5.41) is 13.3. The number of hydrogen-bond donors (Lipinski definition) is 1. The molecular formula is C14H20N4O5. The fourth-order valence-electron chi connectivity index (χ4n) is 1.76. The Morgan fingerprint density at radius 1 is 1.26 bits per heavy atom. The second-order valence-corrected chi connectivity index (χ2v) is 5.15. The Labute approximate surface area is 134 Å². The molecule has 0 bridgehead atoms. The maximum atomic E-state index is 12.0. The molecule has 0 unspecified atom stereocenters. The number of nitrogens with zero attached hydrogens (tertiary/aromatic N) is 3. The summed E-state index contributed by atoms with van der Waals surface area (Å²) in [7, 11) is 6.28. The van der Waals surface area contributed by atoms with Gasteiger partial charge in [0.1, 0.15) is 5.75 Å². The highest BCUT2D eigenvalue weighted by Crippen LogP contribution is 2.28. The van der Waals surface area contributed by atoms with Gasteiger partial charge in [-0.15, -0.1) is 0 Å². The Bertz CT molecular complexity index is 603. The van der Waals surface area contributed by atoms with Crippen LogP contribution in [0.25, 0.3) is 0 Å². The first-order valence-corrected chi connectivity index (χ1v) is 6.75. The zero-order valence-electron chi connectivity index (χ0n) is 13.5. The summed E-state index contributed by atoms with van der Waals surface area (Å²) >= 11 is 0. The van der Waals surface area contributed by atoms with Gasteiger partial charge in [0, 0.05) is 20.2 Å². The molecule has 1 aromatic carbocycles. The van der Waals surface area contributed by atoms with Gasteiger partial charge in [0.15, 0.2) is 0 Å². The zero-order valence-corrected chi connectivity index (χ0v) is 13.5. The Balaban J connectivity index is 2.70. The van der Waals surface area contributed by atoms with E-state index in [0.29, 0.717) is 5.69 Å². The lowest BCUT2D eigenvalue weighted by molar-refractivity contribution is -0.384. The van der Waals surface area contributed by atoms with Crippen molar-refractivity contribution in [3.63, 3.8) is 0 Å². The first kappa shape index (κ1) is 18.4. The molecule has 1 aromatic rings. The molecule has 0 aliphatic carbocycles. The van der Waals surface area contributed by atoms with E-state index >= 15 is 0 Å². The largest absolute Gasteiger partial charge is 0.494 e. The number of nitrogens with one attached hydrogen (secondary N) is 1. The van der Waals surface area contributed by atoms with Gasteiger partial charge in [-0.25, -0.2) is 0 Å². The third-order valence-corrected chi connectivity index (χ3v) is 2.99. The topological polar surface area (TPSA) is 105 Å².